The second-order valence-electron chi connectivity index (χ2n) is 4.02. The van der Waals surface area contributed by atoms with Crippen molar-refractivity contribution >= 4 is 27.6 Å². The summed E-state index contributed by atoms with van der Waals surface area (Å²) in [4.78, 5) is 13.6. The number of amides is 2. The lowest BCUT2D eigenvalue weighted by Crippen LogP contribution is -2.31. The molecule has 0 fully saturated rings. The summed E-state index contributed by atoms with van der Waals surface area (Å²) in [5.41, 5.74) is 0.776. The van der Waals surface area contributed by atoms with Gasteiger partial charge in [0, 0.05) is 11.0 Å². The van der Waals surface area contributed by atoms with Gasteiger partial charge in [-0.2, -0.15) is 0 Å². The van der Waals surface area contributed by atoms with E-state index < -0.39 is 0 Å². The number of para-hydroxylation sites is 1. The Morgan fingerprint density at radius 1 is 1.35 bits per heavy atom. The van der Waals surface area contributed by atoms with Gasteiger partial charge in [-0.1, -0.05) is 12.1 Å². The van der Waals surface area contributed by atoms with Crippen molar-refractivity contribution < 1.29 is 4.79 Å². The van der Waals surface area contributed by atoms with Crippen molar-refractivity contribution in [1.82, 2.24) is 10.2 Å². The van der Waals surface area contributed by atoms with E-state index >= 15 is 0 Å². The zero-order chi connectivity index (χ0) is 12.7. The molecule has 0 saturated heterocycles. The van der Waals surface area contributed by atoms with Crippen molar-refractivity contribution in [2.75, 3.05) is 32.5 Å². The van der Waals surface area contributed by atoms with Crippen LogP contribution in [-0.2, 0) is 0 Å². The number of hydrogen-bond acceptors (Lipinski definition) is 2. The Labute approximate surface area is 111 Å². The highest BCUT2D eigenvalue weighted by atomic mass is 79.9. The molecule has 2 N–H and O–H groups in total. The molecule has 1 rings (SSSR count). The Bertz CT molecular complexity index is 369. The topological polar surface area (TPSA) is 44.4 Å². The largest absolute Gasteiger partial charge is 0.338 e. The van der Waals surface area contributed by atoms with Crippen LogP contribution >= 0.6 is 15.9 Å². The van der Waals surface area contributed by atoms with Gasteiger partial charge in [0.05, 0.1) is 5.69 Å². The molecule has 1 aromatic rings. The number of benzene rings is 1. The Kier molecular flexibility index (Phi) is 6.00. The molecule has 0 aliphatic carbocycles. The molecule has 0 radical (unpaired) electrons. The molecule has 0 bridgehead atoms. The van der Waals surface area contributed by atoms with Gasteiger partial charge >= 0.3 is 6.03 Å². The van der Waals surface area contributed by atoms with Crippen molar-refractivity contribution in [2.24, 2.45) is 0 Å². The molecule has 5 heteroatoms. The molecule has 0 aliphatic heterocycles. The summed E-state index contributed by atoms with van der Waals surface area (Å²) in [6.07, 6.45) is 0.941. The molecule has 1 aromatic carbocycles. The lowest BCUT2D eigenvalue weighted by molar-refractivity contribution is 0.251. The number of rotatable bonds is 5. The minimum absolute atomic E-state index is 0.171. The minimum atomic E-state index is -0.171. The molecule has 0 aromatic heterocycles. The molecule has 0 saturated carbocycles. The number of nitrogens with zero attached hydrogens (tertiary/aromatic N) is 1. The van der Waals surface area contributed by atoms with Gasteiger partial charge in [0.2, 0.25) is 0 Å². The molecule has 0 unspecified atom stereocenters. The minimum Gasteiger partial charge on any atom is -0.338 e. The molecule has 2 amide bonds. The Balaban J connectivity index is 2.28. The summed E-state index contributed by atoms with van der Waals surface area (Å²) in [5, 5.41) is 5.60. The van der Waals surface area contributed by atoms with E-state index in [0.717, 1.165) is 23.1 Å². The van der Waals surface area contributed by atoms with Crippen molar-refractivity contribution in [3.8, 4) is 0 Å². The fourth-order valence-electron chi connectivity index (χ4n) is 1.33. The number of anilines is 1. The molecule has 0 heterocycles. The number of halogens is 1. The number of urea groups is 1. The van der Waals surface area contributed by atoms with Gasteiger partial charge in [0.25, 0.3) is 0 Å². The van der Waals surface area contributed by atoms with Gasteiger partial charge in [0.1, 0.15) is 0 Å². The first-order valence-electron chi connectivity index (χ1n) is 5.53. The third-order valence-corrected chi connectivity index (χ3v) is 2.88. The second-order valence-corrected chi connectivity index (χ2v) is 4.87. The van der Waals surface area contributed by atoms with Crippen LogP contribution in [-0.4, -0.2) is 38.1 Å². The SMILES string of the molecule is CN(C)CCCNC(=O)Nc1ccccc1Br. The maximum atomic E-state index is 11.6. The van der Waals surface area contributed by atoms with Gasteiger partial charge in [-0.3, -0.25) is 0 Å². The molecule has 94 valence electrons. The highest BCUT2D eigenvalue weighted by Gasteiger charge is 2.03. The van der Waals surface area contributed by atoms with E-state index in [4.69, 9.17) is 0 Å². The third-order valence-electron chi connectivity index (χ3n) is 2.19. The van der Waals surface area contributed by atoms with Gasteiger partial charge in [-0.25, -0.2) is 4.79 Å². The maximum Gasteiger partial charge on any atom is 0.319 e. The summed E-state index contributed by atoms with van der Waals surface area (Å²) in [5.74, 6) is 0. The number of hydrogen-bond donors (Lipinski definition) is 2. The van der Waals surface area contributed by atoms with Gasteiger partial charge in [-0.15, -0.1) is 0 Å². The van der Waals surface area contributed by atoms with Gasteiger partial charge in [-0.05, 0) is 55.1 Å². The average Bonchev–Trinajstić information content (AvgIpc) is 2.27. The summed E-state index contributed by atoms with van der Waals surface area (Å²) in [7, 11) is 4.03. The van der Waals surface area contributed by atoms with Crippen LogP contribution in [0.4, 0.5) is 10.5 Å². The van der Waals surface area contributed by atoms with E-state index in [1.54, 1.807) is 0 Å². The lowest BCUT2D eigenvalue weighted by atomic mass is 10.3. The van der Waals surface area contributed by atoms with Crippen molar-refractivity contribution in [2.45, 2.75) is 6.42 Å². The highest BCUT2D eigenvalue weighted by molar-refractivity contribution is 9.10. The monoisotopic (exact) mass is 299 g/mol. The number of carbonyl (C=O) groups is 1. The van der Waals surface area contributed by atoms with Gasteiger partial charge < -0.3 is 15.5 Å². The van der Waals surface area contributed by atoms with Crippen LogP contribution < -0.4 is 10.6 Å². The molecule has 17 heavy (non-hydrogen) atoms. The predicted octanol–water partition coefficient (Wildman–Crippen LogP) is 2.52. The van der Waals surface area contributed by atoms with E-state index in [-0.39, 0.29) is 6.03 Å². The summed E-state index contributed by atoms with van der Waals surface area (Å²) < 4.78 is 0.878. The number of carbonyl (C=O) groups excluding carboxylic acids is 1. The van der Waals surface area contributed by atoms with Crippen LogP contribution in [0.2, 0.25) is 0 Å². The highest BCUT2D eigenvalue weighted by Crippen LogP contribution is 2.20. The first-order valence-corrected chi connectivity index (χ1v) is 6.33. The van der Waals surface area contributed by atoms with Crippen LogP contribution in [0.15, 0.2) is 28.7 Å². The van der Waals surface area contributed by atoms with Crippen LogP contribution in [0.25, 0.3) is 0 Å². The van der Waals surface area contributed by atoms with Crippen molar-refractivity contribution in [1.29, 1.82) is 0 Å². The van der Waals surface area contributed by atoms with Crippen molar-refractivity contribution in [3.63, 3.8) is 0 Å². The fraction of sp³-hybridized carbons (Fsp3) is 0.417. The molecular weight excluding hydrogens is 282 g/mol. The summed E-state index contributed by atoms with van der Waals surface area (Å²) in [6.45, 7) is 1.64. The van der Waals surface area contributed by atoms with E-state index in [1.807, 2.05) is 38.4 Å². The third kappa shape index (κ3) is 5.70. The molecule has 0 aliphatic rings. The van der Waals surface area contributed by atoms with Crippen LogP contribution in [0, 0.1) is 0 Å². The van der Waals surface area contributed by atoms with E-state index in [2.05, 4.69) is 31.5 Å². The van der Waals surface area contributed by atoms with Crippen molar-refractivity contribution in [3.05, 3.63) is 28.7 Å². The predicted molar refractivity (Wildman–Crippen MR) is 74.3 cm³/mol. The lowest BCUT2D eigenvalue weighted by Gasteiger charge is -2.11. The Morgan fingerprint density at radius 3 is 2.71 bits per heavy atom. The van der Waals surface area contributed by atoms with Gasteiger partial charge in [0.15, 0.2) is 0 Å². The van der Waals surface area contributed by atoms with E-state index in [0.29, 0.717) is 6.54 Å². The Hall–Kier alpha value is -1.07. The molecular formula is C12H18BrN3O. The zero-order valence-electron chi connectivity index (χ0n) is 10.2. The Morgan fingerprint density at radius 2 is 2.06 bits per heavy atom. The zero-order valence-corrected chi connectivity index (χ0v) is 11.8. The standard InChI is InChI=1S/C12H18BrN3O/c1-16(2)9-5-8-14-12(17)15-11-7-4-3-6-10(11)13/h3-4,6-7H,5,8-9H2,1-2H3,(H2,14,15,17). The normalized spacial score (nSPS) is 10.4. The summed E-state index contributed by atoms with van der Waals surface area (Å²) in [6, 6.07) is 7.36. The fourth-order valence-corrected chi connectivity index (χ4v) is 1.71. The smallest absolute Gasteiger partial charge is 0.319 e. The number of nitrogens with one attached hydrogen (secondary N) is 2. The van der Waals surface area contributed by atoms with E-state index in [9.17, 15) is 4.79 Å². The summed E-state index contributed by atoms with van der Waals surface area (Å²) >= 11 is 3.38. The molecule has 0 spiro atoms. The van der Waals surface area contributed by atoms with Crippen LogP contribution in [0.5, 0.6) is 0 Å². The van der Waals surface area contributed by atoms with Crippen LogP contribution in [0.3, 0.4) is 0 Å². The quantitative estimate of drug-likeness (QED) is 0.821. The first kappa shape index (κ1) is 14.0. The second kappa shape index (κ2) is 7.29. The maximum absolute atomic E-state index is 11.6. The van der Waals surface area contributed by atoms with E-state index in [1.165, 1.54) is 0 Å². The molecule has 0 atom stereocenters. The average molecular weight is 300 g/mol. The molecule has 4 nitrogen and oxygen atoms in total. The first-order chi connectivity index (χ1) is 8.09. The van der Waals surface area contributed by atoms with Crippen LogP contribution in [0.1, 0.15) is 6.42 Å².